The Balaban J connectivity index is 1.61. The number of alkyl halides is 3. The maximum atomic E-state index is 12.5. The molecule has 6 nitrogen and oxygen atoms in total. The van der Waals surface area contributed by atoms with Crippen LogP contribution in [0.25, 0.3) is 11.1 Å². The fourth-order valence-electron chi connectivity index (χ4n) is 2.59. The van der Waals surface area contributed by atoms with Crippen LogP contribution in [-0.4, -0.2) is 22.1 Å². The molecule has 9 heteroatoms. The molecule has 0 saturated carbocycles. The summed E-state index contributed by atoms with van der Waals surface area (Å²) in [6, 6.07) is 10.6. The molecule has 2 N–H and O–H groups in total. The minimum absolute atomic E-state index is 0.214. The van der Waals surface area contributed by atoms with Gasteiger partial charge >= 0.3 is 11.9 Å². The third-order valence-corrected chi connectivity index (χ3v) is 3.99. The van der Waals surface area contributed by atoms with E-state index in [0.717, 1.165) is 28.8 Å². The summed E-state index contributed by atoms with van der Waals surface area (Å²) in [5.74, 6) is -1.23. The normalized spacial score (nSPS) is 12.9. The molecule has 1 heterocycles. The van der Waals surface area contributed by atoms with Crippen LogP contribution < -0.4 is 11.1 Å². The van der Waals surface area contributed by atoms with Crippen molar-refractivity contribution in [1.29, 1.82) is 0 Å². The van der Waals surface area contributed by atoms with E-state index in [1.54, 1.807) is 24.3 Å². The number of amides is 1. The van der Waals surface area contributed by atoms with Gasteiger partial charge in [0.2, 0.25) is 5.91 Å². The van der Waals surface area contributed by atoms with Crippen LogP contribution in [0.1, 0.15) is 17.2 Å². The summed E-state index contributed by atoms with van der Waals surface area (Å²) in [5, 5.41) is 12.5. The number of para-hydroxylation sites is 2. The second-order valence-corrected chi connectivity index (χ2v) is 5.86. The fourth-order valence-corrected chi connectivity index (χ4v) is 2.59. The smallest absolute Gasteiger partial charge is 0.408 e. The second kappa shape index (κ2) is 7.28. The van der Waals surface area contributed by atoms with Crippen LogP contribution >= 0.6 is 0 Å². The van der Waals surface area contributed by atoms with E-state index in [4.69, 9.17) is 4.42 Å². The van der Waals surface area contributed by atoms with Gasteiger partial charge in [-0.25, -0.2) is 4.79 Å². The van der Waals surface area contributed by atoms with E-state index in [0.29, 0.717) is 11.1 Å². The molecule has 0 bridgehead atoms. The topological polar surface area (TPSA) is 84.5 Å². The fraction of sp³-hybridized carbons (Fsp3) is 0.222. The molecule has 1 atom stereocenters. The van der Waals surface area contributed by atoms with Crippen LogP contribution in [0, 0.1) is 0 Å². The van der Waals surface area contributed by atoms with Crippen LogP contribution in [0.2, 0.25) is 0 Å². The number of hydrogen-bond acceptors (Lipinski definition) is 4. The molecule has 27 heavy (non-hydrogen) atoms. The zero-order chi connectivity index (χ0) is 19.6. The maximum Gasteiger partial charge on any atom is 0.420 e. The molecule has 3 rings (SSSR count). The zero-order valence-electron chi connectivity index (χ0n) is 13.9. The Bertz CT molecular complexity index is 1010. The van der Waals surface area contributed by atoms with E-state index in [2.05, 4.69) is 5.32 Å². The number of aliphatic hydroxyl groups is 1. The highest BCUT2D eigenvalue weighted by atomic mass is 19.4. The Morgan fingerprint density at radius 3 is 2.48 bits per heavy atom. The van der Waals surface area contributed by atoms with E-state index < -0.39 is 29.5 Å². The Labute approximate surface area is 150 Å². The molecule has 0 aliphatic heterocycles. The number of aromatic nitrogens is 1. The number of aliphatic hydroxyl groups excluding tert-OH is 1. The molecule has 1 amide bonds. The number of oxazole rings is 1. The van der Waals surface area contributed by atoms with Crippen molar-refractivity contribution in [1.82, 2.24) is 9.88 Å². The standard InChI is InChI=1S/C18H15F3N2O4/c19-18(20,21)12-7-5-11(6-8-12)14(24)9-22-16(25)10-23-13-3-1-2-4-15(13)27-17(23)26/h1-8,14,24H,9-10H2,(H,22,25). The number of hydrogen-bond donors (Lipinski definition) is 2. The zero-order valence-corrected chi connectivity index (χ0v) is 13.9. The summed E-state index contributed by atoms with van der Waals surface area (Å²) in [6.45, 7) is -0.524. The molecule has 142 valence electrons. The van der Waals surface area contributed by atoms with Crippen LogP contribution in [0.15, 0.2) is 57.7 Å². The van der Waals surface area contributed by atoms with E-state index in [9.17, 15) is 27.9 Å². The third-order valence-electron chi connectivity index (χ3n) is 3.99. The van der Waals surface area contributed by atoms with Crippen molar-refractivity contribution in [2.45, 2.75) is 18.8 Å². The molecule has 1 aromatic heterocycles. The van der Waals surface area contributed by atoms with Gasteiger partial charge in [-0.3, -0.25) is 9.36 Å². The quantitative estimate of drug-likeness (QED) is 0.712. The summed E-state index contributed by atoms with van der Waals surface area (Å²) < 4.78 is 43.8. The number of carbonyl (C=O) groups is 1. The highest BCUT2D eigenvalue weighted by Crippen LogP contribution is 2.29. The Morgan fingerprint density at radius 1 is 1.15 bits per heavy atom. The van der Waals surface area contributed by atoms with Crippen LogP contribution in [-0.2, 0) is 17.5 Å². The van der Waals surface area contributed by atoms with Crippen LogP contribution in [0.4, 0.5) is 13.2 Å². The lowest BCUT2D eigenvalue weighted by Gasteiger charge is -2.14. The summed E-state index contributed by atoms with van der Waals surface area (Å²) in [4.78, 5) is 23.9. The first-order valence-electron chi connectivity index (χ1n) is 7.96. The lowest BCUT2D eigenvalue weighted by Crippen LogP contribution is -2.33. The molecule has 0 aliphatic carbocycles. The first-order valence-corrected chi connectivity index (χ1v) is 7.96. The third kappa shape index (κ3) is 4.20. The number of fused-ring (bicyclic) bond motifs is 1. The SMILES string of the molecule is O=C(Cn1c(=O)oc2ccccc21)NCC(O)c1ccc(C(F)(F)F)cc1. The average Bonchev–Trinajstić information content (AvgIpc) is 2.94. The van der Waals surface area contributed by atoms with Crippen molar-refractivity contribution >= 4 is 17.0 Å². The molecule has 2 aromatic carbocycles. The van der Waals surface area contributed by atoms with E-state index >= 15 is 0 Å². The Kier molecular flexibility index (Phi) is 5.04. The number of nitrogens with one attached hydrogen (secondary N) is 1. The van der Waals surface area contributed by atoms with Gasteiger partial charge in [0.05, 0.1) is 17.2 Å². The molecule has 0 fully saturated rings. The second-order valence-electron chi connectivity index (χ2n) is 5.86. The predicted octanol–water partition coefficient (Wildman–Crippen LogP) is 2.46. The van der Waals surface area contributed by atoms with Gasteiger partial charge in [0.25, 0.3) is 0 Å². The van der Waals surface area contributed by atoms with Gasteiger partial charge in [-0.05, 0) is 29.8 Å². The highest BCUT2D eigenvalue weighted by Gasteiger charge is 2.30. The lowest BCUT2D eigenvalue weighted by molar-refractivity contribution is -0.137. The predicted molar refractivity (Wildman–Crippen MR) is 89.9 cm³/mol. The molecule has 0 aliphatic rings. The minimum Gasteiger partial charge on any atom is -0.408 e. The largest absolute Gasteiger partial charge is 0.420 e. The van der Waals surface area contributed by atoms with Crippen LogP contribution in [0.5, 0.6) is 0 Å². The molecule has 0 spiro atoms. The monoisotopic (exact) mass is 380 g/mol. The van der Waals surface area contributed by atoms with Gasteiger partial charge in [-0.15, -0.1) is 0 Å². The summed E-state index contributed by atoms with van der Waals surface area (Å²) in [5.41, 5.74) is 0.212. The van der Waals surface area contributed by atoms with Gasteiger partial charge in [-0.2, -0.15) is 13.2 Å². The summed E-state index contributed by atoms with van der Waals surface area (Å²) >= 11 is 0. The summed E-state index contributed by atoms with van der Waals surface area (Å²) in [7, 11) is 0. The first-order chi connectivity index (χ1) is 12.8. The van der Waals surface area contributed by atoms with Gasteiger partial charge in [-0.1, -0.05) is 24.3 Å². The minimum atomic E-state index is -4.46. The molecule has 0 saturated heterocycles. The maximum absolute atomic E-state index is 12.5. The molecule has 1 unspecified atom stereocenters. The Hall–Kier alpha value is -3.07. The van der Waals surface area contributed by atoms with Gasteiger partial charge < -0.3 is 14.8 Å². The lowest BCUT2D eigenvalue weighted by atomic mass is 10.1. The first kappa shape index (κ1) is 18.7. The number of carbonyl (C=O) groups excluding carboxylic acids is 1. The Morgan fingerprint density at radius 2 is 1.81 bits per heavy atom. The van der Waals surface area contributed by atoms with Crippen molar-refractivity contribution in [2.75, 3.05) is 6.54 Å². The van der Waals surface area contributed by atoms with Crippen molar-refractivity contribution in [3.05, 3.63) is 70.2 Å². The van der Waals surface area contributed by atoms with Crippen molar-refractivity contribution in [3.8, 4) is 0 Å². The van der Waals surface area contributed by atoms with Crippen molar-refractivity contribution < 1.29 is 27.5 Å². The highest BCUT2D eigenvalue weighted by molar-refractivity contribution is 5.79. The summed E-state index contributed by atoms with van der Waals surface area (Å²) in [6.07, 6.45) is -5.65. The molecule has 0 radical (unpaired) electrons. The van der Waals surface area contributed by atoms with Gasteiger partial charge in [0, 0.05) is 6.54 Å². The number of halogens is 3. The van der Waals surface area contributed by atoms with Crippen LogP contribution in [0.3, 0.4) is 0 Å². The van der Waals surface area contributed by atoms with Gasteiger partial charge in [0.15, 0.2) is 5.58 Å². The molecular weight excluding hydrogens is 365 g/mol. The molecular formula is C18H15F3N2O4. The number of benzene rings is 2. The number of nitrogens with zero attached hydrogens (tertiary/aromatic N) is 1. The van der Waals surface area contributed by atoms with Crippen molar-refractivity contribution in [3.63, 3.8) is 0 Å². The van der Waals surface area contributed by atoms with E-state index in [1.165, 1.54) is 0 Å². The average molecular weight is 380 g/mol. The van der Waals surface area contributed by atoms with E-state index in [-0.39, 0.29) is 18.7 Å². The van der Waals surface area contributed by atoms with Crippen molar-refractivity contribution in [2.24, 2.45) is 0 Å². The van der Waals surface area contributed by atoms with Gasteiger partial charge in [0.1, 0.15) is 6.54 Å². The van der Waals surface area contributed by atoms with E-state index in [1.807, 2.05) is 0 Å². The number of rotatable bonds is 5. The molecule has 3 aromatic rings.